The largest absolute Gasteiger partial charge is 0.330 e. The molecule has 0 amide bonds. The van der Waals surface area contributed by atoms with E-state index in [9.17, 15) is 8.42 Å². The fourth-order valence-corrected chi connectivity index (χ4v) is 2.69. The topological polar surface area (TPSA) is 84.2 Å². The average molecular weight is 255 g/mol. The highest BCUT2D eigenvalue weighted by atomic mass is 32.2. The first-order valence-corrected chi connectivity index (χ1v) is 7.16. The van der Waals surface area contributed by atoms with Crippen LogP contribution in [0.4, 0.5) is 5.69 Å². The zero-order chi connectivity index (χ0) is 12.3. The van der Waals surface area contributed by atoms with E-state index < -0.39 is 10.2 Å². The van der Waals surface area contributed by atoms with Gasteiger partial charge in [-0.3, -0.25) is 4.72 Å². The van der Waals surface area contributed by atoms with E-state index in [4.69, 9.17) is 5.73 Å². The molecule has 1 aliphatic carbocycles. The Morgan fingerprint density at radius 1 is 1.24 bits per heavy atom. The molecule has 4 N–H and O–H groups in total. The van der Waals surface area contributed by atoms with Crippen molar-refractivity contribution >= 4 is 15.9 Å². The Labute approximate surface area is 102 Å². The lowest BCUT2D eigenvalue weighted by Gasteiger charge is -2.09. The van der Waals surface area contributed by atoms with Gasteiger partial charge in [0.2, 0.25) is 0 Å². The molecule has 1 saturated carbocycles. The van der Waals surface area contributed by atoms with Crippen molar-refractivity contribution in [1.29, 1.82) is 0 Å². The minimum absolute atomic E-state index is 0.115. The first-order chi connectivity index (χ1) is 8.09. The average Bonchev–Trinajstić information content (AvgIpc) is 3.04. The van der Waals surface area contributed by atoms with Crippen molar-refractivity contribution in [1.82, 2.24) is 4.72 Å². The van der Waals surface area contributed by atoms with Crippen molar-refractivity contribution in [3.8, 4) is 0 Å². The minimum Gasteiger partial charge on any atom is -0.330 e. The van der Waals surface area contributed by atoms with Crippen LogP contribution in [0.2, 0.25) is 0 Å². The van der Waals surface area contributed by atoms with E-state index >= 15 is 0 Å². The molecule has 1 aromatic rings. The van der Waals surface area contributed by atoms with E-state index in [0.717, 1.165) is 24.8 Å². The Balaban J connectivity index is 1.97. The van der Waals surface area contributed by atoms with E-state index in [0.29, 0.717) is 12.2 Å². The van der Waals surface area contributed by atoms with Gasteiger partial charge in [0.1, 0.15) is 0 Å². The van der Waals surface area contributed by atoms with Crippen LogP contribution in [0.15, 0.2) is 24.3 Å². The quantitative estimate of drug-likeness (QED) is 0.696. The van der Waals surface area contributed by atoms with Crippen LogP contribution in [0.5, 0.6) is 0 Å². The van der Waals surface area contributed by atoms with Gasteiger partial charge >= 0.3 is 0 Å². The van der Waals surface area contributed by atoms with E-state index in [1.54, 1.807) is 12.1 Å². The summed E-state index contributed by atoms with van der Waals surface area (Å²) in [7, 11) is -3.42. The number of rotatable bonds is 6. The fourth-order valence-electron chi connectivity index (χ4n) is 1.51. The molecule has 0 aromatic heterocycles. The maximum Gasteiger partial charge on any atom is 0.299 e. The Hall–Kier alpha value is -1.11. The SMILES string of the molecule is NCCc1ccc(NS(=O)(=O)NC2CC2)cc1. The summed E-state index contributed by atoms with van der Waals surface area (Å²) in [5.41, 5.74) is 7.11. The van der Waals surface area contributed by atoms with E-state index in [2.05, 4.69) is 9.44 Å². The molecule has 17 heavy (non-hydrogen) atoms. The molecule has 1 aromatic carbocycles. The molecule has 5 nitrogen and oxygen atoms in total. The molecule has 1 aliphatic rings. The highest BCUT2D eigenvalue weighted by Crippen LogP contribution is 2.20. The number of nitrogens with two attached hydrogens (primary N) is 1. The van der Waals surface area contributed by atoms with Crippen molar-refractivity contribution in [2.75, 3.05) is 11.3 Å². The standard InChI is InChI=1S/C11H17N3O2S/c12-8-7-9-1-3-10(4-2-9)13-17(15,16)14-11-5-6-11/h1-4,11,13-14H,5-8,12H2. The van der Waals surface area contributed by atoms with Crippen LogP contribution in [0.1, 0.15) is 18.4 Å². The molecule has 0 atom stereocenters. The van der Waals surface area contributed by atoms with Gasteiger partial charge in [0.25, 0.3) is 10.2 Å². The van der Waals surface area contributed by atoms with Gasteiger partial charge in [-0.05, 0) is 43.5 Å². The van der Waals surface area contributed by atoms with Gasteiger partial charge in [-0.1, -0.05) is 12.1 Å². The minimum atomic E-state index is -3.42. The molecule has 94 valence electrons. The highest BCUT2D eigenvalue weighted by Gasteiger charge is 2.26. The second-order valence-corrected chi connectivity index (χ2v) is 5.68. The summed E-state index contributed by atoms with van der Waals surface area (Å²) < 4.78 is 28.3. The number of nitrogens with one attached hydrogen (secondary N) is 2. The lowest BCUT2D eigenvalue weighted by Crippen LogP contribution is -2.31. The van der Waals surface area contributed by atoms with Crippen molar-refractivity contribution in [3.05, 3.63) is 29.8 Å². The normalized spacial score (nSPS) is 15.8. The van der Waals surface area contributed by atoms with Gasteiger partial charge < -0.3 is 5.73 Å². The van der Waals surface area contributed by atoms with Crippen LogP contribution in [-0.2, 0) is 16.6 Å². The number of benzene rings is 1. The monoisotopic (exact) mass is 255 g/mol. The predicted octanol–water partition coefficient (Wildman–Crippen LogP) is 0.596. The number of hydrogen-bond acceptors (Lipinski definition) is 3. The summed E-state index contributed by atoms with van der Waals surface area (Å²) in [5, 5.41) is 0. The highest BCUT2D eigenvalue weighted by molar-refractivity contribution is 7.90. The Morgan fingerprint density at radius 3 is 2.41 bits per heavy atom. The molecule has 0 heterocycles. The summed E-state index contributed by atoms with van der Waals surface area (Å²) in [4.78, 5) is 0. The molecule has 0 bridgehead atoms. The van der Waals surface area contributed by atoms with Crippen LogP contribution in [-0.4, -0.2) is 21.0 Å². The van der Waals surface area contributed by atoms with Crippen molar-refractivity contribution in [3.63, 3.8) is 0 Å². The molecular formula is C11H17N3O2S. The van der Waals surface area contributed by atoms with Crippen LogP contribution < -0.4 is 15.2 Å². The molecule has 1 fully saturated rings. The van der Waals surface area contributed by atoms with Crippen LogP contribution in [0.25, 0.3) is 0 Å². The lowest BCUT2D eigenvalue weighted by atomic mass is 10.1. The summed E-state index contributed by atoms with van der Waals surface area (Å²) in [6, 6.07) is 7.36. The number of hydrogen-bond donors (Lipinski definition) is 3. The third-order valence-corrected chi connectivity index (χ3v) is 3.69. The summed E-state index contributed by atoms with van der Waals surface area (Å²) in [6.45, 7) is 0.592. The molecule has 0 saturated heterocycles. The Kier molecular flexibility index (Phi) is 3.66. The van der Waals surface area contributed by atoms with Gasteiger partial charge in [-0.2, -0.15) is 13.1 Å². The van der Waals surface area contributed by atoms with Gasteiger partial charge in [0.15, 0.2) is 0 Å². The summed E-state index contributed by atoms with van der Waals surface area (Å²) in [6.07, 6.45) is 2.65. The van der Waals surface area contributed by atoms with Crippen LogP contribution in [0.3, 0.4) is 0 Å². The molecule has 0 aliphatic heterocycles. The smallest absolute Gasteiger partial charge is 0.299 e. The zero-order valence-electron chi connectivity index (χ0n) is 9.52. The molecule has 0 radical (unpaired) electrons. The van der Waals surface area contributed by atoms with Crippen molar-refractivity contribution < 1.29 is 8.42 Å². The molecular weight excluding hydrogens is 238 g/mol. The third kappa shape index (κ3) is 3.99. The second-order valence-electron chi connectivity index (χ2n) is 4.23. The molecule has 0 unspecified atom stereocenters. The first-order valence-electron chi connectivity index (χ1n) is 5.68. The zero-order valence-corrected chi connectivity index (χ0v) is 10.3. The van der Waals surface area contributed by atoms with Crippen molar-refractivity contribution in [2.45, 2.75) is 25.3 Å². The Bertz CT molecular complexity index is 466. The summed E-state index contributed by atoms with van der Waals surface area (Å²) >= 11 is 0. The molecule has 0 spiro atoms. The lowest BCUT2D eigenvalue weighted by molar-refractivity contribution is 0.586. The van der Waals surface area contributed by atoms with Crippen LogP contribution >= 0.6 is 0 Å². The van der Waals surface area contributed by atoms with E-state index in [-0.39, 0.29) is 6.04 Å². The third-order valence-electron chi connectivity index (χ3n) is 2.54. The van der Waals surface area contributed by atoms with Crippen LogP contribution in [0, 0.1) is 0 Å². The second kappa shape index (κ2) is 5.03. The Morgan fingerprint density at radius 2 is 1.88 bits per heavy atom. The molecule has 6 heteroatoms. The number of anilines is 1. The maximum absolute atomic E-state index is 11.6. The van der Waals surface area contributed by atoms with Crippen molar-refractivity contribution in [2.24, 2.45) is 5.73 Å². The summed E-state index contributed by atoms with van der Waals surface area (Å²) in [5.74, 6) is 0. The molecule has 2 rings (SSSR count). The first kappa shape index (κ1) is 12.3. The van der Waals surface area contributed by atoms with Gasteiger partial charge in [0, 0.05) is 11.7 Å². The van der Waals surface area contributed by atoms with Gasteiger partial charge in [-0.15, -0.1) is 0 Å². The van der Waals surface area contributed by atoms with E-state index in [1.165, 1.54) is 0 Å². The van der Waals surface area contributed by atoms with E-state index in [1.807, 2.05) is 12.1 Å². The van der Waals surface area contributed by atoms with Gasteiger partial charge in [0.05, 0.1) is 0 Å². The van der Waals surface area contributed by atoms with Gasteiger partial charge in [-0.25, -0.2) is 0 Å². The predicted molar refractivity (Wildman–Crippen MR) is 67.9 cm³/mol. The maximum atomic E-state index is 11.6. The fraction of sp³-hybridized carbons (Fsp3) is 0.455.